The lowest BCUT2D eigenvalue weighted by atomic mass is 9.77. The van der Waals surface area contributed by atoms with E-state index in [9.17, 15) is 26.0 Å². The molecule has 0 aliphatic heterocycles. The highest BCUT2D eigenvalue weighted by atomic mass is 32.2. The van der Waals surface area contributed by atoms with Gasteiger partial charge in [0.25, 0.3) is 10.1 Å². The van der Waals surface area contributed by atoms with E-state index in [-0.39, 0.29) is 27.9 Å². The Bertz CT molecular complexity index is 1080. The summed E-state index contributed by atoms with van der Waals surface area (Å²) < 4.78 is 86.6. The summed E-state index contributed by atoms with van der Waals surface area (Å²) >= 11 is 0. The quantitative estimate of drug-likeness (QED) is 0.338. The van der Waals surface area contributed by atoms with Gasteiger partial charge in [0, 0.05) is 17.0 Å². The second kappa shape index (κ2) is 5.32. The molecule has 0 aromatic heterocycles. The fraction of sp³-hybridized carbons (Fsp3) is 0.368. The van der Waals surface area contributed by atoms with Crippen LogP contribution in [0.1, 0.15) is 34.9 Å². The minimum atomic E-state index is -4.12. The van der Waals surface area contributed by atoms with E-state index in [2.05, 4.69) is 0 Å². The second-order valence-corrected chi connectivity index (χ2v) is 9.09. The van der Waals surface area contributed by atoms with Crippen LogP contribution in [0, 0.1) is 42.0 Å². The van der Waals surface area contributed by atoms with E-state index in [4.69, 9.17) is 4.18 Å². The van der Waals surface area contributed by atoms with Crippen molar-refractivity contribution in [2.75, 3.05) is 0 Å². The largest absolute Gasteiger partial charge is 0.297 e. The third-order valence-corrected chi connectivity index (χ3v) is 7.45. The number of benzene rings is 2. The monoisotopic (exact) mass is 398 g/mol. The fourth-order valence-corrected chi connectivity index (χ4v) is 6.06. The SMILES string of the molecule is Cc1ccc(S(=O)(=O)O[C@H]2[C@H]3C4C[C@@H]2c2c(F)c(F)c(F)c(F)c2[C@H]43)cc1. The van der Waals surface area contributed by atoms with Crippen LogP contribution in [-0.4, -0.2) is 14.5 Å². The van der Waals surface area contributed by atoms with Crippen LogP contribution in [0.15, 0.2) is 29.2 Å². The topological polar surface area (TPSA) is 43.4 Å². The maximum atomic E-state index is 14.4. The van der Waals surface area contributed by atoms with Gasteiger partial charge in [-0.05, 0) is 43.2 Å². The molecule has 2 aromatic carbocycles. The highest BCUT2D eigenvalue weighted by Gasteiger charge is 2.70. The maximum absolute atomic E-state index is 14.4. The van der Waals surface area contributed by atoms with Gasteiger partial charge >= 0.3 is 0 Å². The Morgan fingerprint density at radius 3 is 2.15 bits per heavy atom. The summed E-state index contributed by atoms with van der Waals surface area (Å²) in [6.07, 6.45) is -0.532. The van der Waals surface area contributed by atoms with Crippen LogP contribution >= 0.6 is 0 Å². The Balaban J connectivity index is 1.55. The minimum Gasteiger partial charge on any atom is -0.262 e. The second-order valence-electron chi connectivity index (χ2n) is 7.52. The van der Waals surface area contributed by atoms with Crippen molar-refractivity contribution in [3.05, 3.63) is 64.2 Å². The first-order chi connectivity index (χ1) is 12.7. The number of fused-ring (bicyclic) bond motifs is 5. The van der Waals surface area contributed by atoms with E-state index in [1.54, 1.807) is 12.1 Å². The van der Waals surface area contributed by atoms with Crippen LogP contribution < -0.4 is 0 Å². The van der Waals surface area contributed by atoms with Crippen molar-refractivity contribution in [2.45, 2.75) is 36.2 Å². The van der Waals surface area contributed by atoms with Crippen LogP contribution in [0.3, 0.4) is 0 Å². The molecule has 5 rings (SSSR count). The van der Waals surface area contributed by atoms with Gasteiger partial charge < -0.3 is 0 Å². The molecule has 27 heavy (non-hydrogen) atoms. The van der Waals surface area contributed by atoms with Crippen LogP contribution in [0.2, 0.25) is 0 Å². The molecule has 0 amide bonds. The Morgan fingerprint density at radius 1 is 0.926 bits per heavy atom. The maximum Gasteiger partial charge on any atom is 0.297 e. The summed E-state index contributed by atoms with van der Waals surface area (Å²) in [5, 5.41) is 0. The average Bonchev–Trinajstić information content (AvgIpc) is 3.27. The smallest absolute Gasteiger partial charge is 0.262 e. The van der Waals surface area contributed by atoms with Gasteiger partial charge in [0.15, 0.2) is 23.3 Å². The first kappa shape index (κ1) is 17.2. The average molecular weight is 398 g/mol. The zero-order chi connectivity index (χ0) is 19.2. The number of rotatable bonds is 3. The Hall–Kier alpha value is -1.93. The summed E-state index contributed by atoms with van der Waals surface area (Å²) in [6, 6.07) is 6.07. The number of halogens is 4. The zero-order valence-electron chi connectivity index (χ0n) is 14.0. The van der Waals surface area contributed by atoms with E-state index in [1.807, 2.05) is 6.92 Å². The number of aryl methyl sites for hydroxylation is 1. The Kier molecular flexibility index (Phi) is 3.39. The lowest BCUT2D eigenvalue weighted by molar-refractivity contribution is 0.157. The van der Waals surface area contributed by atoms with Gasteiger partial charge in [-0.2, -0.15) is 8.42 Å². The van der Waals surface area contributed by atoms with Crippen molar-refractivity contribution >= 4 is 10.1 Å². The molecule has 0 spiro atoms. The van der Waals surface area contributed by atoms with Gasteiger partial charge in [-0.15, -0.1) is 0 Å². The predicted octanol–water partition coefficient (Wildman–Crippen LogP) is 4.16. The minimum absolute atomic E-state index is 0.0368. The summed E-state index contributed by atoms with van der Waals surface area (Å²) in [7, 11) is -4.12. The van der Waals surface area contributed by atoms with Crippen molar-refractivity contribution < 1.29 is 30.2 Å². The predicted molar refractivity (Wildman–Crippen MR) is 86.6 cm³/mol. The third kappa shape index (κ3) is 2.20. The molecule has 5 atom stereocenters. The molecule has 3 nitrogen and oxygen atoms in total. The van der Waals surface area contributed by atoms with Gasteiger partial charge in [0.1, 0.15) is 0 Å². The molecule has 3 aliphatic rings. The van der Waals surface area contributed by atoms with Gasteiger partial charge in [0.05, 0.1) is 11.0 Å². The molecule has 142 valence electrons. The van der Waals surface area contributed by atoms with Crippen molar-refractivity contribution in [3.63, 3.8) is 0 Å². The number of hydrogen-bond acceptors (Lipinski definition) is 3. The van der Waals surface area contributed by atoms with E-state index in [0.717, 1.165) is 5.56 Å². The fourth-order valence-electron chi connectivity index (χ4n) is 4.93. The molecule has 2 aromatic rings. The molecule has 1 unspecified atom stereocenters. The standard InChI is InChI=1S/C19H14F4O3S/c1-7-2-4-8(5-3-7)27(24,25)26-19-10-6-9-11(13(9)19)14-12(10)15(20)17(22)18(23)16(14)21/h2-5,9-11,13,19H,6H2,1H3/t9?,10-,11-,13+,19-/m1/s1. The first-order valence-corrected chi connectivity index (χ1v) is 9.99. The first-order valence-electron chi connectivity index (χ1n) is 8.58. The summed E-state index contributed by atoms with van der Waals surface area (Å²) in [5.74, 6) is -8.28. The molecule has 0 radical (unpaired) electrons. The lowest BCUT2D eigenvalue weighted by Crippen LogP contribution is -2.32. The Morgan fingerprint density at radius 2 is 1.52 bits per heavy atom. The molecule has 0 heterocycles. The van der Waals surface area contributed by atoms with E-state index >= 15 is 0 Å². The van der Waals surface area contributed by atoms with Crippen LogP contribution in [0.5, 0.6) is 0 Å². The van der Waals surface area contributed by atoms with Gasteiger partial charge in [0.2, 0.25) is 0 Å². The molecular weight excluding hydrogens is 384 g/mol. The molecule has 3 aliphatic carbocycles. The molecule has 8 heteroatoms. The van der Waals surface area contributed by atoms with E-state index in [0.29, 0.717) is 6.42 Å². The van der Waals surface area contributed by atoms with Gasteiger partial charge in [-0.3, -0.25) is 4.18 Å². The summed E-state index contributed by atoms with van der Waals surface area (Å²) in [5.41, 5.74) is 0.454. The van der Waals surface area contributed by atoms with Crippen LogP contribution in [0.4, 0.5) is 17.6 Å². The molecule has 2 saturated carbocycles. The normalized spacial score (nSPS) is 30.3. The molecule has 2 bridgehead atoms. The zero-order valence-corrected chi connectivity index (χ0v) is 14.9. The van der Waals surface area contributed by atoms with Crippen molar-refractivity contribution in [1.29, 1.82) is 0 Å². The Labute approximate surface area is 153 Å². The van der Waals surface area contributed by atoms with E-state index < -0.39 is 51.3 Å². The highest BCUT2D eigenvalue weighted by molar-refractivity contribution is 7.86. The van der Waals surface area contributed by atoms with Crippen molar-refractivity contribution in [2.24, 2.45) is 11.8 Å². The molecule has 0 N–H and O–H groups in total. The van der Waals surface area contributed by atoms with Crippen molar-refractivity contribution in [3.8, 4) is 0 Å². The molecule has 2 fully saturated rings. The number of hydrogen-bond donors (Lipinski definition) is 0. The summed E-state index contributed by atoms with van der Waals surface area (Å²) in [6.45, 7) is 1.81. The van der Waals surface area contributed by atoms with Crippen molar-refractivity contribution in [1.82, 2.24) is 0 Å². The van der Waals surface area contributed by atoms with E-state index in [1.165, 1.54) is 12.1 Å². The van der Waals surface area contributed by atoms with Gasteiger partial charge in [-0.1, -0.05) is 17.7 Å². The van der Waals surface area contributed by atoms with Crippen LogP contribution in [-0.2, 0) is 14.3 Å². The van der Waals surface area contributed by atoms with Gasteiger partial charge in [-0.25, -0.2) is 17.6 Å². The lowest BCUT2D eigenvalue weighted by Gasteiger charge is -2.32. The third-order valence-electron chi connectivity index (χ3n) is 6.12. The highest BCUT2D eigenvalue weighted by Crippen LogP contribution is 2.73. The molecular formula is C19H14F4O3S. The van der Waals surface area contributed by atoms with Crippen LogP contribution in [0.25, 0.3) is 0 Å². The molecule has 0 saturated heterocycles. The summed E-state index contributed by atoms with van der Waals surface area (Å²) in [4.78, 5) is -0.0368.